The second kappa shape index (κ2) is 7.08. The molecule has 2 amide bonds. The number of nitrogens with zero attached hydrogens (tertiary/aromatic N) is 4. The number of amides is 2. The summed E-state index contributed by atoms with van der Waals surface area (Å²) >= 11 is 0. The molecule has 7 heteroatoms. The van der Waals surface area contributed by atoms with Gasteiger partial charge in [0.25, 0.3) is 5.56 Å². The van der Waals surface area contributed by atoms with Gasteiger partial charge in [-0.05, 0) is 6.07 Å². The number of aromatic nitrogens is 2. The molecule has 0 saturated carbocycles. The van der Waals surface area contributed by atoms with Crippen LogP contribution in [0.4, 0.5) is 0 Å². The zero-order valence-corrected chi connectivity index (χ0v) is 13.2. The highest BCUT2D eigenvalue weighted by molar-refractivity contribution is 5.76. The molecule has 0 spiro atoms. The van der Waals surface area contributed by atoms with Crippen molar-refractivity contribution < 1.29 is 9.59 Å². The molecule has 1 aliphatic heterocycles. The summed E-state index contributed by atoms with van der Waals surface area (Å²) < 4.78 is 1.19. The van der Waals surface area contributed by atoms with Crippen molar-refractivity contribution >= 4 is 12.3 Å². The van der Waals surface area contributed by atoms with Gasteiger partial charge in [-0.15, -0.1) is 0 Å². The smallest absolute Gasteiger partial charge is 0.267 e. The van der Waals surface area contributed by atoms with Crippen LogP contribution in [0.2, 0.25) is 0 Å². The van der Waals surface area contributed by atoms with Crippen LogP contribution in [-0.4, -0.2) is 58.1 Å². The minimum Gasteiger partial charge on any atom is -0.342 e. The standard InChI is InChI=1S/C17H18N4O3/c22-13-19-8-10-20(11-9-19)17(24)12-21-16(23)7-6-15(18-21)14-4-2-1-3-5-14/h1-7,13H,8-12H2. The van der Waals surface area contributed by atoms with Gasteiger partial charge in [0.05, 0.1) is 5.69 Å². The van der Waals surface area contributed by atoms with Crippen molar-refractivity contribution in [3.05, 3.63) is 52.8 Å². The number of benzene rings is 1. The highest BCUT2D eigenvalue weighted by Gasteiger charge is 2.21. The van der Waals surface area contributed by atoms with Crippen LogP contribution >= 0.6 is 0 Å². The SMILES string of the molecule is O=CN1CCN(C(=O)Cn2nc(-c3ccccc3)ccc2=O)CC1. The summed E-state index contributed by atoms with van der Waals surface area (Å²) in [4.78, 5) is 38.4. The Labute approximate surface area is 139 Å². The first-order valence-electron chi connectivity index (χ1n) is 7.78. The zero-order chi connectivity index (χ0) is 16.9. The summed E-state index contributed by atoms with van der Waals surface area (Å²) in [7, 11) is 0. The monoisotopic (exact) mass is 326 g/mol. The molecule has 1 aliphatic rings. The van der Waals surface area contributed by atoms with Gasteiger partial charge in [-0.1, -0.05) is 30.3 Å². The Kier molecular flexibility index (Phi) is 4.69. The summed E-state index contributed by atoms with van der Waals surface area (Å²) in [6.07, 6.45) is 0.789. The summed E-state index contributed by atoms with van der Waals surface area (Å²) in [5.41, 5.74) is 1.22. The molecule has 0 aliphatic carbocycles. The Morgan fingerprint density at radius 3 is 2.42 bits per heavy atom. The molecule has 0 N–H and O–H groups in total. The topological polar surface area (TPSA) is 75.5 Å². The Morgan fingerprint density at radius 2 is 1.75 bits per heavy atom. The maximum Gasteiger partial charge on any atom is 0.267 e. The lowest BCUT2D eigenvalue weighted by atomic mass is 10.1. The van der Waals surface area contributed by atoms with Crippen LogP contribution in [0.25, 0.3) is 11.3 Å². The van der Waals surface area contributed by atoms with Crippen LogP contribution in [-0.2, 0) is 16.1 Å². The van der Waals surface area contributed by atoms with Crippen molar-refractivity contribution in [2.45, 2.75) is 6.54 Å². The fourth-order valence-electron chi connectivity index (χ4n) is 2.63. The van der Waals surface area contributed by atoms with Crippen molar-refractivity contribution in [3.8, 4) is 11.3 Å². The van der Waals surface area contributed by atoms with Crippen LogP contribution in [0.5, 0.6) is 0 Å². The zero-order valence-electron chi connectivity index (χ0n) is 13.2. The van der Waals surface area contributed by atoms with Gasteiger partial charge in [-0.2, -0.15) is 5.10 Å². The molecule has 1 saturated heterocycles. The first-order valence-corrected chi connectivity index (χ1v) is 7.78. The number of hydrogen-bond acceptors (Lipinski definition) is 4. The Balaban J connectivity index is 1.74. The predicted octanol–water partition coefficient (Wildman–Crippen LogP) is 0.211. The first kappa shape index (κ1) is 15.9. The van der Waals surface area contributed by atoms with Gasteiger partial charge < -0.3 is 9.80 Å². The molecule has 1 aromatic heterocycles. The van der Waals surface area contributed by atoms with E-state index >= 15 is 0 Å². The minimum atomic E-state index is -0.311. The van der Waals surface area contributed by atoms with Crippen LogP contribution in [0.3, 0.4) is 0 Å². The molecule has 1 fully saturated rings. The molecule has 124 valence electrons. The molecule has 24 heavy (non-hydrogen) atoms. The molecule has 0 atom stereocenters. The third-order valence-corrected chi connectivity index (χ3v) is 4.04. The van der Waals surface area contributed by atoms with E-state index in [1.54, 1.807) is 15.9 Å². The van der Waals surface area contributed by atoms with E-state index in [-0.39, 0.29) is 18.0 Å². The number of rotatable bonds is 4. The molecule has 2 aromatic rings. The molecule has 0 unspecified atom stereocenters. The van der Waals surface area contributed by atoms with Crippen molar-refractivity contribution in [3.63, 3.8) is 0 Å². The molecule has 0 bridgehead atoms. The number of carbonyl (C=O) groups excluding carboxylic acids is 2. The van der Waals surface area contributed by atoms with Gasteiger partial charge in [0.2, 0.25) is 12.3 Å². The predicted molar refractivity (Wildman–Crippen MR) is 88.2 cm³/mol. The second-order valence-corrected chi connectivity index (χ2v) is 5.60. The van der Waals surface area contributed by atoms with Crippen LogP contribution < -0.4 is 5.56 Å². The third-order valence-electron chi connectivity index (χ3n) is 4.04. The normalized spacial score (nSPS) is 14.5. The fraction of sp³-hybridized carbons (Fsp3) is 0.294. The number of piperazine rings is 1. The number of hydrogen-bond donors (Lipinski definition) is 0. The van der Waals surface area contributed by atoms with Gasteiger partial charge in [0.1, 0.15) is 6.54 Å². The highest BCUT2D eigenvalue weighted by atomic mass is 16.2. The van der Waals surface area contributed by atoms with E-state index in [0.717, 1.165) is 12.0 Å². The molecular formula is C17H18N4O3. The summed E-state index contributed by atoms with van der Waals surface area (Å²) in [6, 6.07) is 12.6. The lowest BCUT2D eigenvalue weighted by Gasteiger charge is -2.32. The van der Waals surface area contributed by atoms with Crippen LogP contribution in [0.15, 0.2) is 47.3 Å². The van der Waals surface area contributed by atoms with E-state index in [4.69, 9.17) is 0 Å². The Hall–Kier alpha value is -2.96. The van der Waals surface area contributed by atoms with Gasteiger partial charge in [0, 0.05) is 37.8 Å². The van der Waals surface area contributed by atoms with E-state index in [9.17, 15) is 14.4 Å². The van der Waals surface area contributed by atoms with E-state index < -0.39 is 0 Å². The quantitative estimate of drug-likeness (QED) is 0.753. The van der Waals surface area contributed by atoms with Gasteiger partial charge in [-0.25, -0.2) is 4.68 Å². The molecule has 7 nitrogen and oxygen atoms in total. The summed E-state index contributed by atoms with van der Waals surface area (Å²) in [6.45, 7) is 1.89. The maximum atomic E-state index is 12.4. The minimum absolute atomic E-state index is 0.0966. The summed E-state index contributed by atoms with van der Waals surface area (Å²) in [5, 5.41) is 4.30. The highest BCUT2D eigenvalue weighted by Crippen LogP contribution is 2.14. The summed E-state index contributed by atoms with van der Waals surface area (Å²) in [5.74, 6) is -0.166. The van der Waals surface area contributed by atoms with E-state index in [1.165, 1.54) is 10.7 Å². The van der Waals surface area contributed by atoms with Gasteiger partial charge in [-0.3, -0.25) is 14.4 Å². The average Bonchev–Trinajstić information content (AvgIpc) is 2.64. The van der Waals surface area contributed by atoms with Crippen LogP contribution in [0, 0.1) is 0 Å². The Bertz CT molecular complexity index is 780. The lowest BCUT2D eigenvalue weighted by molar-refractivity contribution is -0.135. The molecule has 2 heterocycles. The number of carbonyl (C=O) groups is 2. The maximum absolute atomic E-state index is 12.4. The fourth-order valence-corrected chi connectivity index (χ4v) is 2.63. The molecular weight excluding hydrogens is 308 g/mol. The first-order chi connectivity index (χ1) is 11.7. The van der Waals surface area contributed by atoms with Crippen molar-refractivity contribution in [2.75, 3.05) is 26.2 Å². The molecule has 3 rings (SSSR count). The van der Waals surface area contributed by atoms with Crippen molar-refractivity contribution in [2.24, 2.45) is 0 Å². The average molecular weight is 326 g/mol. The van der Waals surface area contributed by atoms with E-state index in [0.29, 0.717) is 31.9 Å². The largest absolute Gasteiger partial charge is 0.342 e. The third kappa shape index (κ3) is 3.51. The lowest BCUT2D eigenvalue weighted by Crippen LogP contribution is -2.49. The van der Waals surface area contributed by atoms with Crippen molar-refractivity contribution in [1.82, 2.24) is 19.6 Å². The Morgan fingerprint density at radius 1 is 1.04 bits per heavy atom. The second-order valence-electron chi connectivity index (χ2n) is 5.60. The van der Waals surface area contributed by atoms with E-state index in [2.05, 4.69) is 5.10 Å². The van der Waals surface area contributed by atoms with Crippen LogP contribution in [0.1, 0.15) is 0 Å². The molecule has 0 radical (unpaired) electrons. The van der Waals surface area contributed by atoms with Crippen molar-refractivity contribution in [1.29, 1.82) is 0 Å². The molecule has 1 aromatic carbocycles. The van der Waals surface area contributed by atoms with Gasteiger partial charge in [0.15, 0.2) is 0 Å². The van der Waals surface area contributed by atoms with Gasteiger partial charge >= 0.3 is 0 Å². The van der Waals surface area contributed by atoms with E-state index in [1.807, 2.05) is 30.3 Å².